The number of thiophene rings is 1. The highest BCUT2D eigenvalue weighted by molar-refractivity contribution is 7.20. The van der Waals surface area contributed by atoms with Crippen LogP contribution < -0.4 is 5.32 Å². The average Bonchev–Trinajstić information content (AvgIpc) is 2.61. The summed E-state index contributed by atoms with van der Waals surface area (Å²) in [6.45, 7) is 0. The number of hydrogen-bond donors (Lipinski definition) is 1. The van der Waals surface area contributed by atoms with E-state index >= 15 is 0 Å². The molecule has 2 rings (SSSR count). The van der Waals surface area contributed by atoms with Gasteiger partial charge in [-0.05, 0) is 17.5 Å². The lowest BCUT2D eigenvalue weighted by Crippen LogP contribution is -2.15. The molecule has 14 heavy (non-hydrogen) atoms. The summed E-state index contributed by atoms with van der Waals surface area (Å²) in [5, 5.41) is 11.4. The summed E-state index contributed by atoms with van der Waals surface area (Å²) in [7, 11) is 0. The number of nitrogens with zero attached hydrogens (tertiary/aromatic N) is 1. The van der Waals surface area contributed by atoms with E-state index in [-0.39, 0.29) is 5.91 Å². The zero-order valence-corrected chi connectivity index (χ0v) is 7.97. The molecule has 2 aromatic rings. The molecule has 68 valence electrons. The van der Waals surface area contributed by atoms with E-state index in [0.29, 0.717) is 4.88 Å². The largest absolute Gasteiger partial charge is 0.274 e. The Bertz CT molecular complexity index is 491. The van der Waals surface area contributed by atoms with Crippen molar-refractivity contribution >= 4 is 27.3 Å². The number of rotatable bonds is 1. The van der Waals surface area contributed by atoms with Crippen LogP contribution in [0.1, 0.15) is 9.67 Å². The van der Waals surface area contributed by atoms with Crippen LogP contribution in [-0.4, -0.2) is 5.91 Å². The van der Waals surface area contributed by atoms with Gasteiger partial charge in [0.25, 0.3) is 5.91 Å². The number of nitrogens with one attached hydrogen (secondary N) is 1. The molecule has 0 saturated heterocycles. The molecule has 4 heteroatoms. The molecular weight excluding hydrogens is 196 g/mol. The van der Waals surface area contributed by atoms with Crippen LogP contribution in [0.2, 0.25) is 0 Å². The van der Waals surface area contributed by atoms with Crippen LogP contribution in [0.4, 0.5) is 0 Å². The molecule has 0 aliphatic rings. The van der Waals surface area contributed by atoms with Gasteiger partial charge in [0, 0.05) is 4.70 Å². The second-order valence-electron chi connectivity index (χ2n) is 2.71. The third kappa shape index (κ3) is 1.45. The molecule has 0 spiro atoms. The summed E-state index contributed by atoms with van der Waals surface area (Å²) >= 11 is 1.38. The zero-order valence-electron chi connectivity index (χ0n) is 7.15. The lowest BCUT2D eigenvalue weighted by atomic mass is 10.2. The summed E-state index contributed by atoms with van der Waals surface area (Å²) in [5.41, 5.74) is 0. The fraction of sp³-hybridized carbons (Fsp3) is 0. The lowest BCUT2D eigenvalue weighted by Gasteiger charge is -1.88. The van der Waals surface area contributed by atoms with Crippen molar-refractivity contribution in [1.82, 2.24) is 5.32 Å². The molecule has 3 nitrogen and oxygen atoms in total. The minimum absolute atomic E-state index is 0.339. The number of benzene rings is 1. The molecule has 0 atom stereocenters. The summed E-state index contributed by atoms with van der Waals surface area (Å²) in [5.74, 6) is -0.339. The molecule has 0 bridgehead atoms. The van der Waals surface area contributed by atoms with Gasteiger partial charge < -0.3 is 0 Å². The number of fused-ring (bicyclic) bond motifs is 1. The van der Waals surface area contributed by atoms with Crippen molar-refractivity contribution in [2.75, 3.05) is 0 Å². The predicted octanol–water partition coefficient (Wildman–Crippen LogP) is 2.11. The number of carbonyl (C=O) groups is 1. The summed E-state index contributed by atoms with van der Waals surface area (Å²) < 4.78 is 1.05. The fourth-order valence-corrected chi connectivity index (χ4v) is 2.16. The Morgan fingerprint density at radius 3 is 2.93 bits per heavy atom. The molecule has 0 fully saturated rings. The van der Waals surface area contributed by atoms with E-state index in [4.69, 9.17) is 5.26 Å². The molecule has 0 radical (unpaired) electrons. The molecule has 1 aromatic heterocycles. The Balaban J connectivity index is 2.46. The van der Waals surface area contributed by atoms with E-state index in [1.165, 1.54) is 11.3 Å². The van der Waals surface area contributed by atoms with Gasteiger partial charge in [-0.1, -0.05) is 18.2 Å². The van der Waals surface area contributed by atoms with Crippen molar-refractivity contribution in [1.29, 1.82) is 5.26 Å². The first kappa shape index (κ1) is 8.73. The van der Waals surface area contributed by atoms with Crippen molar-refractivity contribution < 1.29 is 4.79 Å². The third-order valence-electron chi connectivity index (χ3n) is 1.82. The van der Waals surface area contributed by atoms with E-state index in [0.717, 1.165) is 10.1 Å². The van der Waals surface area contributed by atoms with Crippen molar-refractivity contribution in [2.24, 2.45) is 0 Å². The molecule has 1 aromatic carbocycles. The first-order chi connectivity index (χ1) is 6.81. The van der Waals surface area contributed by atoms with Gasteiger partial charge in [0.2, 0.25) is 0 Å². The highest BCUT2D eigenvalue weighted by Gasteiger charge is 2.08. The smallest absolute Gasteiger partial charge is 0.267 e. The van der Waals surface area contributed by atoms with Gasteiger partial charge in [-0.3, -0.25) is 10.1 Å². The van der Waals surface area contributed by atoms with Crippen molar-refractivity contribution in [3.8, 4) is 6.19 Å². The minimum atomic E-state index is -0.339. The minimum Gasteiger partial charge on any atom is -0.267 e. The monoisotopic (exact) mass is 202 g/mol. The van der Waals surface area contributed by atoms with E-state index in [9.17, 15) is 4.79 Å². The Morgan fingerprint density at radius 2 is 2.21 bits per heavy atom. The molecule has 1 N–H and O–H groups in total. The highest BCUT2D eigenvalue weighted by atomic mass is 32.1. The quantitative estimate of drug-likeness (QED) is 0.568. The summed E-state index contributed by atoms with van der Waals surface area (Å²) in [6.07, 6.45) is 1.62. The zero-order chi connectivity index (χ0) is 9.97. The standard InChI is InChI=1S/C10H6N2OS/c11-6-12-10(13)9-5-7-3-1-2-4-8(7)14-9/h1-5H,(H,12,13). The number of amides is 1. The van der Waals surface area contributed by atoms with Crippen molar-refractivity contribution in [2.45, 2.75) is 0 Å². The van der Waals surface area contributed by atoms with Crippen LogP contribution in [0.5, 0.6) is 0 Å². The van der Waals surface area contributed by atoms with E-state index < -0.39 is 0 Å². The molecule has 0 aliphatic heterocycles. The molecule has 1 heterocycles. The Labute approximate surface area is 84.6 Å². The maximum atomic E-state index is 11.3. The molecule has 1 amide bonds. The van der Waals surface area contributed by atoms with Crippen LogP contribution in [0.3, 0.4) is 0 Å². The molecule has 0 saturated carbocycles. The Morgan fingerprint density at radius 1 is 1.43 bits per heavy atom. The molecular formula is C10H6N2OS. The maximum absolute atomic E-state index is 11.3. The topological polar surface area (TPSA) is 52.9 Å². The van der Waals surface area contributed by atoms with Crippen molar-refractivity contribution in [3.05, 3.63) is 35.2 Å². The maximum Gasteiger partial charge on any atom is 0.274 e. The average molecular weight is 202 g/mol. The van der Waals surface area contributed by atoms with Gasteiger partial charge in [0.05, 0.1) is 4.88 Å². The van der Waals surface area contributed by atoms with E-state index in [1.54, 1.807) is 12.3 Å². The Kier molecular flexibility index (Phi) is 2.17. The molecule has 0 aliphatic carbocycles. The number of nitriles is 1. The van der Waals surface area contributed by atoms with Gasteiger partial charge in [-0.15, -0.1) is 11.3 Å². The van der Waals surface area contributed by atoms with Gasteiger partial charge >= 0.3 is 0 Å². The second-order valence-corrected chi connectivity index (χ2v) is 3.80. The normalized spacial score (nSPS) is 9.64. The summed E-state index contributed by atoms with van der Waals surface area (Å²) in [6, 6.07) is 9.51. The third-order valence-corrected chi connectivity index (χ3v) is 2.93. The molecule has 0 unspecified atom stereocenters. The van der Waals surface area contributed by atoms with Crippen LogP contribution in [-0.2, 0) is 0 Å². The number of hydrogen-bond acceptors (Lipinski definition) is 3. The van der Waals surface area contributed by atoms with Crippen LogP contribution >= 0.6 is 11.3 Å². The Hall–Kier alpha value is -1.86. The summed E-state index contributed by atoms with van der Waals surface area (Å²) in [4.78, 5) is 11.9. The van der Waals surface area contributed by atoms with Gasteiger partial charge in [0.1, 0.15) is 0 Å². The highest BCUT2D eigenvalue weighted by Crippen LogP contribution is 2.24. The fourth-order valence-electron chi connectivity index (χ4n) is 1.21. The number of carbonyl (C=O) groups excluding carboxylic acids is 1. The van der Waals surface area contributed by atoms with Crippen molar-refractivity contribution in [3.63, 3.8) is 0 Å². The van der Waals surface area contributed by atoms with E-state index in [1.807, 2.05) is 24.3 Å². The van der Waals surface area contributed by atoms with Gasteiger partial charge in [0.15, 0.2) is 6.19 Å². The van der Waals surface area contributed by atoms with E-state index in [2.05, 4.69) is 5.32 Å². The van der Waals surface area contributed by atoms with Crippen LogP contribution in [0.15, 0.2) is 30.3 Å². The predicted molar refractivity (Wildman–Crippen MR) is 54.9 cm³/mol. The van der Waals surface area contributed by atoms with Gasteiger partial charge in [-0.25, -0.2) is 0 Å². The van der Waals surface area contributed by atoms with Gasteiger partial charge in [-0.2, -0.15) is 5.26 Å². The first-order valence-electron chi connectivity index (χ1n) is 3.99. The second kappa shape index (κ2) is 3.48. The SMILES string of the molecule is N#CNC(=O)c1cc2ccccc2s1. The first-order valence-corrected chi connectivity index (χ1v) is 4.81. The van der Waals surface area contributed by atoms with Crippen LogP contribution in [0, 0.1) is 11.5 Å². The lowest BCUT2D eigenvalue weighted by molar-refractivity contribution is 0.0977. The van der Waals surface area contributed by atoms with Crippen LogP contribution in [0.25, 0.3) is 10.1 Å².